The average molecular weight is 420 g/mol. The van der Waals surface area contributed by atoms with Crippen LogP contribution in [-0.2, 0) is 4.79 Å². The molecule has 2 atom stereocenters. The first kappa shape index (κ1) is 20.5. The molecular formula is C20H25N3O3S2. The quantitative estimate of drug-likeness (QED) is 0.763. The molecule has 3 rings (SSSR count). The first-order valence-corrected chi connectivity index (χ1v) is 10.9. The summed E-state index contributed by atoms with van der Waals surface area (Å²) >= 11 is 3.35. The molecule has 1 N–H and O–H groups in total. The van der Waals surface area contributed by atoms with Gasteiger partial charge in [-0.15, -0.1) is 23.1 Å². The molecule has 1 fully saturated rings. The van der Waals surface area contributed by atoms with Gasteiger partial charge < -0.3 is 19.9 Å². The second kappa shape index (κ2) is 8.87. The molecule has 3 amide bonds. The van der Waals surface area contributed by atoms with E-state index in [9.17, 15) is 9.59 Å². The summed E-state index contributed by atoms with van der Waals surface area (Å²) in [4.78, 5) is 29.9. The molecular weight excluding hydrogens is 394 g/mol. The summed E-state index contributed by atoms with van der Waals surface area (Å²) in [7, 11) is 3.30. The number of carbonyl (C=O) groups is 2. The van der Waals surface area contributed by atoms with E-state index >= 15 is 0 Å². The largest absolute Gasteiger partial charge is 0.495 e. The Morgan fingerprint density at radius 3 is 2.75 bits per heavy atom. The zero-order chi connectivity index (χ0) is 20.3. The number of thiophene rings is 1. The van der Waals surface area contributed by atoms with Crippen molar-refractivity contribution < 1.29 is 14.3 Å². The van der Waals surface area contributed by atoms with Gasteiger partial charge in [-0.05, 0) is 43.0 Å². The van der Waals surface area contributed by atoms with Gasteiger partial charge in [-0.25, -0.2) is 4.79 Å². The van der Waals surface area contributed by atoms with E-state index in [2.05, 4.69) is 23.7 Å². The highest BCUT2D eigenvalue weighted by Gasteiger charge is 2.39. The Morgan fingerprint density at radius 2 is 2.07 bits per heavy atom. The van der Waals surface area contributed by atoms with Gasteiger partial charge in [-0.1, -0.05) is 12.1 Å². The Kier molecular flexibility index (Phi) is 6.51. The molecule has 1 aliphatic heterocycles. The van der Waals surface area contributed by atoms with Crippen LogP contribution in [0.1, 0.15) is 22.7 Å². The van der Waals surface area contributed by atoms with Crippen molar-refractivity contribution in [3.63, 3.8) is 0 Å². The molecule has 150 valence electrons. The van der Waals surface area contributed by atoms with Crippen LogP contribution in [0.25, 0.3) is 0 Å². The average Bonchev–Trinajstić information content (AvgIpc) is 3.23. The fourth-order valence-corrected chi connectivity index (χ4v) is 5.61. The van der Waals surface area contributed by atoms with Gasteiger partial charge in [0, 0.05) is 25.0 Å². The number of urea groups is 1. The summed E-state index contributed by atoms with van der Waals surface area (Å²) in [6.45, 7) is 4.96. The number of ether oxygens (including phenoxy) is 1. The zero-order valence-corrected chi connectivity index (χ0v) is 18.1. The SMILES string of the molecule is COc1ccccc1NC(=O)N(C)CCN1C(=O)[C@H](C)S[C@H]1c1sccc1C. The predicted octanol–water partition coefficient (Wildman–Crippen LogP) is 4.19. The lowest BCUT2D eigenvalue weighted by molar-refractivity contribution is -0.129. The van der Waals surface area contributed by atoms with Crippen molar-refractivity contribution in [1.82, 2.24) is 9.80 Å². The smallest absolute Gasteiger partial charge is 0.321 e. The number of likely N-dealkylation sites (N-methyl/N-ethyl adjacent to an activating group) is 1. The van der Waals surface area contributed by atoms with E-state index in [4.69, 9.17) is 4.74 Å². The molecule has 1 aliphatic rings. The minimum Gasteiger partial charge on any atom is -0.495 e. The molecule has 28 heavy (non-hydrogen) atoms. The van der Waals surface area contributed by atoms with Gasteiger partial charge in [-0.2, -0.15) is 0 Å². The molecule has 0 radical (unpaired) electrons. The van der Waals surface area contributed by atoms with Crippen molar-refractivity contribution >= 4 is 40.7 Å². The number of rotatable bonds is 6. The summed E-state index contributed by atoms with van der Waals surface area (Å²) in [6.07, 6.45) is 0. The molecule has 0 aliphatic carbocycles. The van der Waals surface area contributed by atoms with Crippen LogP contribution < -0.4 is 10.1 Å². The third-order valence-electron chi connectivity index (χ3n) is 4.74. The molecule has 1 aromatic carbocycles. The van der Waals surface area contributed by atoms with E-state index in [1.54, 1.807) is 54.3 Å². The number of amides is 3. The van der Waals surface area contributed by atoms with Gasteiger partial charge in [0.05, 0.1) is 18.0 Å². The van der Waals surface area contributed by atoms with Gasteiger partial charge in [0.1, 0.15) is 11.1 Å². The van der Waals surface area contributed by atoms with Crippen LogP contribution in [0.3, 0.4) is 0 Å². The molecule has 2 aromatic rings. The molecule has 2 heterocycles. The summed E-state index contributed by atoms with van der Waals surface area (Å²) in [5.41, 5.74) is 1.83. The Bertz CT molecular complexity index is 855. The molecule has 0 saturated carbocycles. The first-order chi connectivity index (χ1) is 13.4. The maximum absolute atomic E-state index is 12.7. The van der Waals surface area contributed by atoms with Crippen LogP contribution in [0.15, 0.2) is 35.7 Å². The highest BCUT2D eigenvalue weighted by atomic mass is 32.2. The fourth-order valence-electron chi connectivity index (χ4n) is 3.06. The van der Waals surface area contributed by atoms with Crippen molar-refractivity contribution in [3.8, 4) is 5.75 Å². The maximum atomic E-state index is 12.7. The molecule has 0 unspecified atom stereocenters. The second-order valence-electron chi connectivity index (χ2n) is 6.68. The lowest BCUT2D eigenvalue weighted by atomic mass is 10.2. The van der Waals surface area contributed by atoms with E-state index in [0.717, 1.165) is 0 Å². The van der Waals surface area contributed by atoms with Gasteiger partial charge in [0.25, 0.3) is 0 Å². The lowest BCUT2D eigenvalue weighted by Crippen LogP contribution is -2.40. The number of carbonyl (C=O) groups excluding carboxylic acids is 2. The minimum absolute atomic E-state index is 0.0215. The normalized spacial score (nSPS) is 19.0. The number of aryl methyl sites for hydroxylation is 1. The van der Waals surface area contributed by atoms with Crippen LogP contribution in [0.5, 0.6) is 5.75 Å². The van der Waals surface area contributed by atoms with Crippen molar-refractivity contribution in [3.05, 3.63) is 46.2 Å². The van der Waals surface area contributed by atoms with E-state index in [0.29, 0.717) is 24.5 Å². The molecule has 0 spiro atoms. The monoisotopic (exact) mass is 419 g/mol. The van der Waals surface area contributed by atoms with Gasteiger partial charge in [-0.3, -0.25) is 4.79 Å². The summed E-state index contributed by atoms with van der Waals surface area (Å²) in [6, 6.07) is 9.13. The van der Waals surface area contributed by atoms with Crippen LogP contribution >= 0.6 is 23.1 Å². The third-order valence-corrected chi connectivity index (χ3v) is 7.32. The molecule has 6 nitrogen and oxygen atoms in total. The standard InChI is InChI=1S/C20H25N3O3S2/c1-13-9-12-27-17(13)19-23(18(24)14(2)28-19)11-10-22(3)20(25)21-15-7-5-6-8-16(15)26-4/h5-9,12,14,19H,10-11H2,1-4H3,(H,21,25)/t14-,19-/m0/s1. The Hall–Kier alpha value is -2.19. The molecule has 1 aromatic heterocycles. The number of methoxy groups -OCH3 is 1. The van der Waals surface area contributed by atoms with Gasteiger partial charge in [0.2, 0.25) is 5.91 Å². The second-order valence-corrected chi connectivity index (χ2v) is 9.06. The van der Waals surface area contributed by atoms with Crippen LogP contribution in [-0.4, -0.2) is 54.2 Å². The van der Waals surface area contributed by atoms with Crippen LogP contribution in [0.2, 0.25) is 0 Å². The number of para-hydroxylation sites is 2. The van der Waals surface area contributed by atoms with E-state index in [1.165, 1.54) is 10.4 Å². The van der Waals surface area contributed by atoms with Gasteiger partial charge in [0.15, 0.2) is 0 Å². The number of nitrogens with zero attached hydrogens (tertiary/aromatic N) is 2. The molecule has 0 bridgehead atoms. The van der Waals surface area contributed by atoms with E-state index < -0.39 is 0 Å². The lowest BCUT2D eigenvalue weighted by Gasteiger charge is -2.27. The third kappa shape index (κ3) is 4.28. The number of thioether (sulfide) groups is 1. The predicted molar refractivity (Wildman–Crippen MR) is 115 cm³/mol. The number of anilines is 1. The van der Waals surface area contributed by atoms with E-state index in [1.807, 2.05) is 24.0 Å². The maximum Gasteiger partial charge on any atom is 0.321 e. The Labute approximate surface area is 173 Å². The Morgan fingerprint density at radius 1 is 1.32 bits per heavy atom. The topological polar surface area (TPSA) is 61.9 Å². The van der Waals surface area contributed by atoms with Crippen LogP contribution in [0, 0.1) is 6.92 Å². The fraction of sp³-hybridized carbons (Fsp3) is 0.400. The van der Waals surface area contributed by atoms with E-state index in [-0.39, 0.29) is 22.6 Å². The van der Waals surface area contributed by atoms with Crippen molar-refractivity contribution in [2.45, 2.75) is 24.5 Å². The summed E-state index contributed by atoms with van der Waals surface area (Å²) in [5, 5.41) is 4.87. The zero-order valence-electron chi connectivity index (χ0n) is 16.5. The summed E-state index contributed by atoms with van der Waals surface area (Å²) in [5.74, 6) is 0.735. The highest BCUT2D eigenvalue weighted by Crippen LogP contribution is 2.45. The number of nitrogens with one attached hydrogen (secondary N) is 1. The van der Waals surface area contributed by atoms with Crippen molar-refractivity contribution in [2.24, 2.45) is 0 Å². The van der Waals surface area contributed by atoms with Crippen LogP contribution in [0.4, 0.5) is 10.5 Å². The molecule has 1 saturated heterocycles. The van der Waals surface area contributed by atoms with Crippen molar-refractivity contribution in [1.29, 1.82) is 0 Å². The summed E-state index contributed by atoms with van der Waals surface area (Å²) < 4.78 is 5.27. The van der Waals surface area contributed by atoms with Gasteiger partial charge >= 0.3 is 6.03 Å². The minimum atomic E-state index is -0.235. The number of benzene rings is 1. The number of hydrogen-bond donors (Lipinski definition) is 1. The van der Waals surface area contributed by atoms with Crippen molar-refractivity contribution in [2.75, 3.05) is 32.6 Å². The highest BCUT2D eigenvalue weighted by molar-refractivity contribution is 8.01. The number of hydrogen-bond acceptors (Lipinski definition) is 5. The molecule has 8 heteroatoms. The first-order valence-electron chi connectivity index (χ1n) is 9.07. The Balaban J connectivity index is 1.63.